The second-order valence-corrected chi connectivity index (χ2v) is 7.14. The molecular weight excluding hydrogens is 510 g/mol. The average molecular weight is 540 g/mol. The van der Waals surface area contributed by atoms with E-state index in [9.17, 15) is 4.39 Å². The maximum atomic E-state index is 14.6. The standard InChI is InChI=1S/C22H29FN6O.HI/c1-5-17(6-2)20-12-18(30-28-20)14-27-22(24-4)26-13-16-7-8-21(19(23)11-16)29-10-9-25-15(29)3;/h7-12,17H,5-6,13-14H2,1-4H3,(H2,24,26,27);1H. The molecule has 0 saturated carbocycles. The third-order valence-corrected chi connectivity index (χ3v) is 5.19. The Balaban J connectivity index is 0.00000341. The highest BCUT2D eigenvalue weighted by Gasteiger charge is 2.13. The van der Waals surface area contributed by atoms with Gasteiger partial charge in [0, 0.05) is 38.0 Å². The number of hydrogen-bond acceptors (Lipinski definition) is 4. The second kappa shape index (κ2) is 11.8. The number of aromatic nitrogens is 3. The molecular formula is C22H30FIN6O. The van der Waals surface area contributed by atoms with Gasteiger partial charge in [0.15, 0.2) is 11.7 Å². The number of rotatable bonds is 8. The minimum atomic E-state index is -0.297. The van der Waals surface area contributed by atoms with E-state index in [1.165, 1.54) is 6.07 Å². The molecule has 0 atom stereocenters. The van der Waals surface area contributed by atoms with Gasteiger partial charge in [0.1, 0.15) is 11.6 Å². The first-order chi connectivity index (χ1) is 14.5. The summed E-state index contributed by atoms with van der Waals surface area (Å²) >= 11 is 0. The quantitative estimate of drug-likeness (QED) is 0.246. The Kier molecular flexibility index (Phi) is 9.47. The monoisotopic (exact) mass is 540 g/mol. The van der Waals surface area contributed by atoms with Gasteiger partial charge >= 0.3 is 0 Å². The van der Waals surface area contributed by atoms with Crippen molar-refractivity contribution in [1.29, 1.82) is 0 Å². The Morgan fingerprint density at radius 3 is 2.55 bits per heavy atom. The summed E-state index contributed by atoms with van der Waals surface area (Å²) < 4.78 is 21.7. The van der Waals surface area contributed by atoms with Crippen LogP contribution in [0.25, 0.3) is 5.69 Å². The van der Waals surface area contributed by atoms with Crippen molar-refractivity contribution in [2.24, 2.45) is 4.99 Å². The Bertz CT molecular complexity index is 996. The van der Waals surface area contributed by atoms with E-state index in [2.05, 4.69) is 39.6 Å². The number of benzene rings is 1. The van der Waals surface area contributed by atoms with E-state index in [1.54, 1.807) is 30.1 Å². The van der Waals surface area contributed by atoms with Crippen LogP contribution >= 0.6 is 24.0 Å². The largest absolute Gasteiger partial charge is 0.359 e. The van der Waals surface area contributed by atoms with E-state index in [-0.39, 0.29) is 29.8 Å². The van der Waals surface area contributed by atoms with Gasteiger partial charge < -0.3 is 19.7 Å². The van der Waals surface area contributed by atoms with Crippen LogP contribution in [-0.2, 0) is 13.1 Å². The fraction of sp³-hybridized carbons (Fsp3) is 0.409. The highest BCUT2D eigenvalue weighted by atomic mass is 127. The molecule has 2 heterocycles. The molecule has 0 unspecified atom stereocenters. The summed E-state index contributed by atoms with van der Waals surface area (Å²) in [4.78, 5) is 8.35. The molecule has 9 heteroatoms. The molecule has 0 radical (unpaired) electrons. The van der Waals surface area contributed by atoms with Gasteiger partial charge in [-0.05, 0) is 37.5 Å². The number of aryl methyl sites for hydroxylation is 1. The maximum absolute atomic E-state index is 14.6. The predicted molar refractivity (Wildman–Crippen MR) is 131 cm³/mol. The van der Waals surface area contributed by atoms with Crippen LogP contribution in [0.5, 0.6) is 0 Å². The van der Waals surface area contributed by atoms with Crippen LogP contribution in [0.2, 0.25) is 0 Å². The van der Waals surface area contributed by atoms with Gasteiger partial charge in [-0.15, -0.1) is 24.0 Å². The zero-order valence-corrected chi connectivity index (χ0v) is 20.7. The lowest BCUT2D eigenvalue weighted by Gasteiger charge is -2.12. The summed E-state index contributed by atoms with van der Waals surface area (Å²) in [6, 6.07) is 7.15. The smallest absolute Gasteiger partial charge is 0.191 e. The molecule has 7 nitrogen and oxygen atoms in total. The van der Waals surface area contributed by atoms with Crippen LogP contribution in [0.4, 0.5) is 4.39 Å². The van der Waals surface area contributed by atoms with Gasteiger partial charge in [0.05, 0.1) is 17.9 Å². The zero-order valence-electron chi connectivity index (χ0n) is 18.4. The van der Waals surface area contributed by atoms with Crippen molar-refractivity contribution in [3.8, 4) is 5.69 Å². The summed E-state index contributed by atoms with van der Waals surface area (Å²) in [5.41, 5.74) is 2.28. The van der Waals surface area contributed by atoms with E-state index in [0.29, 0.717) is 30.7 Å². The molecule has 1 aromatic carbocycles. The second-order valence-electron chi connectivity index (χ2n) is 7.14. The molecule has 0 aliphatic rings. The number of nitrogens with zero attached hydrogens (tertiary/aromatic N) is 4. The SMILES string of the molecule is CCC(CC)c1cc(CNC(=NC)NCc2ccc(-n3ccnc3C)c(F)c2)on1.I. The molecule has 2 aromatic heterocycles. The average Bonchev–Trinajstić information content (AvgIpc) is 3.38. The molecule has 3 rings (SSSR count). The number of aliphatic imine (C=N–C) groups is 1. The third-order valence-electron chi connectivity index (χ3n) is 5.19. The highest BCUT2D eigenvalue weighted by molar-refractivity contribution is 14.0. The first kappa shape index (κ1) is 24.8. The van der Waals surface area contributed by atoms with Gasteiger partial charge in [-0.2, -0.15) is 0 Å². The number of guanidine groups is 1. The number of imidazole rings is 1. The molecule has 0 aliphatic heterocycles. The first-order valence-electron chi connectivity index (χ1n) is 10.2. The molecule has 0 saturated heterocycles. The van der Waals surface area contributed by atoms with E-state index in [4.69, 9.17) is 4.52 Å². The first-order valence-corrected chi connectivity index (χ1v) is 10.2. The van der Waals surface area contributed by atoms with Crippen LogP contribution in [0.3, 0.4) is 0 Å². The number of halogens is 2. The molecule has 0 amide bonds. The topological polar surface area (TPSA) is 80.3 Å². The van der Waals surface area contributed by atoms with Gasteiger partial charge in [0.25, 0.3) is 0 Å². The van der Waals surface area contributed by atoms with E-state index in [1.807, 2.05) is 19.1 Å². The van der Waals surface area contributed by atoms with Crippen LogP contribution in [-0.4, -0.2) is 27.7 Å². The Hall–Kier alpha value is -2.43. The maximum Gasteiger partial charge on any atom is 0.191 e. The lowest BCUT2D eigenvalue weighted by Crippen LogP contribution is -2.36. The van der Waals surface area contributed by atoms with Gasteiger partial charge in [-0.1, -0.05) is 25.1 Å². The molecule has 0 spiro atoms. The van der Waals surface area contributed by atoms with Crippen molar-refractivity contribution in [1.82, 2.24) is 25.3 Å². The van der Waals surface area contributed by atoms with Crippen molar-refractivity contribution < 1.29 is 8.91 Å². The van der Waals surface area contributed by atoms with Gasteiger partial charge in [-0.3, -0.25) is 4.99 Å². The van der Waals surface area contributed by atoms with E-state index < -0.39 is 0 Å². The predicted octanol–water partition coefficient (Wildman–Crippen LogP) is 4.69. The summed E-state index contributed by atoms with van der Waals surface area (Å²) in [5, 5.41) is 10.6. The van der Waals surface area contributed by atoms with Crippen LogP contribution in [0, 0.1) is 12.7 Å². The minimum absolute atomic E-state index is 0. The number of nitrogens with one attached hydrogen (secondary N) is 2. The fourth-order valence-electron chi connectivity index (χ4n) is 3.38. The van der Waals surface area contributed by atoms with E-state index in [0.717, 1.165) is 35.7 Å². The van der Waals surface area contributed by atoms with Gasteiger partial charge in [-0.25, -0.2) is 9.37 Å². The molecule has 168 valence electrons. The van der Waals surface area contributed by atoms with Crippen molar-refractivity contribution in [3.05, 3.63) is 65.3 Å². The number of hydrogen-bond donors (Lipinski definition) is 2. The molecule has 0 aliphatic carbocycles. The Morgan fingerprint density at radius 2 is 1.94 bits per heavy atom. The Labute approximate surface area is 199 Å². The van der Waals surface area contributed by atoms with Crippen molar-refractivity contribution in [2.45, 2.75) is 52.6 Å². The molecule has 0 fully saturated rings. The summed E-state index contributed by atoms with van der Waals surface area (Å²) in [6.45, 7) is 7.05. The minimum Gasteiger partial charge on any atom is -0.359 e. The lowest BCUT2D eigenvalue weighted by atomic mass is 9.99. The molecule has 0 bridgehead atoms. The fourth-order valence-corrected chi connectivity index (χ4v) is 3.38. The molecule has 31 heavy (non-hydrogen) atoms. The summed E-state index contributed by atoms with van der Waals surface area (Å²) in [7, 11) is 1.69. The molecule has 2 N–H and O–H groups in total. The third kappa shape index (κ3) is 6.28. The highest BCUT2D eigenvalue weighted by Crippen LogP contribution is 2.22. The summed E-state index contributed by atoms with van der Waals surface area (Å²) in [6.07, 6.45) is 5.47. The van der Waals surface area contributed by atoms with Crippen molar-refractivity contribution >= 4 is 29.9 Å². The van der Waals surface area contributed by atoms with Crippen molar-refractivity contribution in [3.63, 3.8) is 0 Å². The van der Waals surface area contributed by atoms with Gasteiger partial charge in [0.2, 0.25) is 0 Å². The summed E-state index contributed by atoms with van der Waals surface area (Å²) in [5.74, 6) is 2.22. The van der Waals surface area contributed by atoms with Crippen LogP contribution < -0.4 is 10.6 Å². The van der Waals surface area contributed by atoms with Crippen LogP contribution in [0.1, 0.15) is 55.4 Å². The molecule has 3 aromatic rings. The zero-order chi connectivity index (χ0) is 21.5. The van der Waals surface area contributed by atoms with Crippen molar-refractivity contribution in [2.75, 3.05) is 7.05 Å². The van der Waals surface area contributed by atoms with Crippen LogP contribution in [0.15, 0.2) is 46.2 Å². The lowest BCUT2D eigenvalue weighted by molar-refractivity contribution is 0.368. The van der Waals surface area contributed by atoms with E-state index >= 15 is 0 Å². The normalized spacial score (nSPS) is 11.5. The Morgan fingerprint density at radius 1 is 1.19 bits per heavy atom.